The Hall–Kier alpha value is -3.38. The monoisotopic (exact) mass is 634 g/mol. The highest BCUT2D eigenvalue weighted by atomic mass is 16.8. The Morgan fingerprint density at radius 3 is 1.70 bits per heavy atom. The fourth-order valence-electron chi connectivity index (χ4n) is 5.01. The number of carbonyl (C=O) groups is 6. The Kier molecular flexibility index (Phi) is 11.6. The van der Waals surface area contributed by atoms with Crippen molar-refractivity contribution in [2.45, 2.75) is 123 Å². The molecule has 3 heterocycles. The summed E-state index contributed by atoms with van der Waals surface area (Å²) in [7, 11) is 0. The molecular weight excluding hydrogens is 596 g/mol. The van der Waals surface area contributed by atoms with Crippen LogP contribution in [0.2, 0.25) is 0 Å². The maximum Gasteiger partial charge on any atom is 0.303 e. The van der Waals surface area contributed by atoms with Gasteiger partial charge in [-0.1, -0.05) is 0 Å². The van der Waals surface area contributed by atoms with Crippen molar-refractivity contribution in [2.24, 2.45) is 0 Å². The first kappa shape index (κ1) is 35.1. The van der Waals surface area contributed by atoms with E-state index in [1.54, 1.807) is 13.8 Å². The lowest BCUT2D eigenvalue weighted by Crippen LogP contribution is -2.64. The highest BCUT2D eigenvalue weighted by Gasteiger charge is 2.60. The van der Waals surface area contributed by atoms with Crippen LogP contribution in [0.1, 0.15) is 55.4 Å². The summed E-state index contributed by atoms with van der Waals surface area (Å²) in [5.74, 6) is -5.67. The zero-order chi connectivity index (χ0) is 32.9. The van der Waals surface area contributed by atoms with E-state index in [-0.39, 0.29) is 0 Å². The number of hydrogen-bond acceptors (Lipinski definition) is 17. The van der Waals surface area contributed by atoms with E-state index in [9.17, 15) is 28.8 Å². The summed E-state index contributed by atoms with van der Waals surface area (Å²) in [5, 5.41) is 0. The predicted molar refractivity (Wildman–Crippen MR) is 138 cm³/mol. The molecule has 0 amide bonds. The molecule has 0 saturated carbocycles. The van der Waals surface area contributed by atoms with Gasteiger partial charge in [-0.05, 0) is 13.8 Å². The lowest BCUT2D eigenvalue weighted by atomic mass is 9.97. The molecule has 3 aliphatic rings. The molecule has 0 bridgehead atoms. The molecule has 0 spiro atoms. The average Bonchev–Trinajstić information content (AvgIpc) is 3.34. The second-order valence-corrected chi connectivity index (χ2v) is 10.7. The SMILES string of the molecule is CC(=O)OC[C@@H]1O[C@@H](O[C@H](COC(C)=O)[C@H]2O[C@@H]3OC(C)(C)O[C@@H]3[C@H]2OC(C)=O)[C@H](OC(C)=O)[C@H](OC(C)=O)[C@H]1OC(C)=O. The standard InChI is InChI=1S/C27H38O17/c1-11(28)34-9-17-19(36-13(3)30)21(37-14(4)31)23(39-16(6)33)25(40-17)41-18(10-35-12(2)29)20-22(38-15(5)32)24-26(42-20)44-27(7,8)43-24/h17-26H,9-10H2,1-8H3/t17-,18+,19-,20+,21+,22-,23+,24+,25-,26+/m0/s1. The highest BCUT2D eigenvalue weighted by Crippen LogP contribution is 2.41. The number of carbonyl (C=O) groups excluding carboxylic acids is 6. The van der Waals surface area contributed by atoms with Crippen LogP contribution < -0.4 is 0 Å². The first-order valence-corrected chi connectivity index (χ1v) is 13.7. The van der Waals surface area contributed by atoms with Crippen LogP contribution in [0.3, 0.4) is 0 Å². The van der Waals surface area contributed by atoms with Gasteiger partial charge < -0.3 is 52.1 Å². The van der Waals surface area contributed by atoms with Gasteiger partial charge in [0.15, 0.2) is 48.9 Å². The first-order valence-electron chi connectivity index (χ1n) is 13.7. The quantitative estimate of drug-likeness (QED) is 0.214. The zero-order valence-corrected chi connectivity index (χ0v) is 25.6. The minimum absolute atomic E-state index is 0.493. The summed E-state index contributed by atoms with van der Waals surface area (Å²) in [6.45, 7) is 8.96. The molecule has 3 saturated heterocycles. The van der Waals surface area contributed by atoms with E-state index in [0.29, 0.717) is 0 Å². The summed E-state index contributed by atoms with van der Waals surface area (Å²) in [6, 6.07) is 0. The third kappa shape index (κ3) is 9.31. The lowest BCUT2D eigenvalue weighted by molar-refractivity contribution is -0.329. The number of rotatable bonds is 11. The summed E-state index contributed by atoms with van der Waals surface area (Å²) >= 11 is 0. The Morgan fingerprint density at radius 2 is 1.16 bits per heavy atom. The van der Waals surface area contributed by atoms with Crippen LogP contribution in [-0.2, 0) is 80.9 Å². The zero-order valence-electron chi connectivity index (χ0n) is 25.6. The van der Waals surface area contributed by atoms with Crippen LogP contribution in [0.5, 0.6) is 0 Å². The van der Waals surface area contributed by atoms with Crippen LogP contribution >= 0.6 is 0 Å². The van der Waals surface area contributed by atoms with E-state index < -0.39 is 116 Å². The minimum atomic E-state index is -1.64. The Balaban J connectivity index is 2.03. The molecule has 3 aliphatic heterocycles. The summed E-state index contributed by atoms with van der Waals surface area (Å²) in [4.78, 5) is 71.9. The van der Waals surface area contributed by atoms with Crippen molar-refractivity contribution in [1.29, 1.82) is 0 Å². The van der Waals surface area contributed by atoms with Gasteiger partial charge in [0.2, 0.25) is 0 Å². The first-order chi connectivity index (χ1) is 20.5. The van der Waals surface area contributed by atoms with E-state index in [2.05, 4.69) is 0 Å². The van der Waals surface area contributed by atoms with Gasteiger partial charge in [-0.2, -0.15) is 0 Å². The number of hydrogen-bond donors (Lipinski definition) is 0. The van der Waals surface area contributed by atoms with Crippen LogP contribution in [0, 0.1) is 0 Å². The van der Waals surface area contributed by atoms with Gasteiger partial charge in [-0.15, -0.1) is 0 Å². The van der Waals surface area contributed by atoms with Crippen molar-refractivity contribution in [1.82, 2.24) is 0 Å². The van der Waals surface area contributed by atoms with Gasteiger partial charge in [0.1, 0.15) is 31.5 Å². The van der Waals surface area contributed by atoms with Crippen molar-refractivity contribution in [3.05, 3.63) is 0 Å². The van der Waals surface area contributed by atoms with Crippen LogP contribution in [-0.4, -0.2) is 116 Å². The maximum atomic E-state index is 12.2. The third-order valence-corrected chi connectivity index (χ3v) is 6.40. The van der Waals surface area contributed by atoms with Crippen LogP contribution in [0.25, 0.3) is 0 Å². The largest absolute Gasteiger partial charge is 0.463 e. The molecule has 0 aromatic carbocycles. The normalized spacial score (nSPS) is 32.9. The molecule has 17 heteroatoms. The summed E-state index contributed by atoms with van der Waals surface area (Å²) in [6.07, 6.45) is -13.0. The minimum Gasteiger partial charge on any atom is -0.463 e. The maximum absolute atomic E-state index is 12.2. The molecule has 0 aliphatic carbocycles. The van der Waals surface area contributed by atoms with Gasteiger partial charge in [0, 0.05) is 41.5 Å². The third-order valence-electron chi connectivity index (χ3n) is 6.40. The molecule has 248 valence electrons. The van der Waals surface area contributed by atoms with E-state index in [4.69, 9.17) is 52.1 Å². The van der Waals surface area contributed by atoms with Crippen LogP contribution in [0.4, 0.5) is 0 Å². The highest BCUT2D eigenvalue weighted by molar-refractivity contribution is 5.69. The number of ether oxygens (including phenoxy) is 11. The summed E-state index contributed by atoms with van der Waals surface area (Å²) in [5.41, 5.74) is 0. The Bertz CT molecular complexity index is 1100. The number of esters is 6. The molecule has 0 aromatic heterocycles. The molecule has 3 rings (SSSR count). The van der Waals surface area contributed by atoms with Crippen molar-refractivity contribution in [3.8, 4) is 0 Å². The molecule has 0 aromatic rings. The fourth-order valence-corrected chi connectivity index (χ4v) is 5.01. The fraction of sp³-hybridized carbons (Fsp3) is 0.778. The molecule has 3 fully saturated rings. The second-order valence-electron chi connectivity index (χ2n) is 10.7. The van der Waals surface area contributed by atoms with Crippen molar-refractivity contribution in [2.75, 3.05) is 13.2 Å². The van der Waals surface area contributed by atoms with Crippen molar-refractivity contribution in [3.63, 3.8) is 0 Å². The molecule has 10 atom stereocenters. The van der Waals surface area contributed by atoms with Gasteiger partial charge in [0.05, 0.1) is 0 Å². The molecule has 44 heavy (non-hydrogen) atoms. The Morgan fingerprint density at radius 1 is 0.636 bits per heavy atom. The van der Waals surface area contributed by atoms with Gasteiger partial charge in [-0.3, -0.25) is 28.8 Å². The topological polar surface area (TPSA) is 204 Å². The second kappa shape index (κ2) is 14.6. The van der Waals surface area contributed by atoms with Gasteiger partial charge in [-0.25, -0.2) is 0 Å². The van der Waals surface area contributed by atoms with E-state index in [0.717, 1.165) is 34.6 Å². The molecule has 0 unspecified atom stereocenters. The molecule has 0 radical (unpaired) electrons. The average molecular weight is 635 g/mol. The lowest BCUT2D eigenvalue weighted by Gasteiger charge is -2.45. The predicted octanol–water partition coefficient (Wildman–Crippen LogP) is -0.174. The summed E-state index contributed by atoms with van der Waals surface area (Å²) < 4.78 is 61.9. The molecular formula is C27H38O17. The smallest absolute Gasteiger partial charge is 0.303 e. The van der Waals surface area contributed by atoms with Crippen LogP contribution in [0.15, 0.2) is 0 Å². The Labute approximate surface area is 252 Å². The van der Waals surface area contributed by atoms with E-state index in [1.165, 1.54) is 6.92 Å². The molecule has 0 N–H and O–H groups in total. The van der Waals surface area contributed by atoms with Gasteiger partial charge >= 0.3 is 35.8 Å². The van der Waals surface area contributed by atoms with Crippen molar-refractivity contribution >= 4 is 35.8 Å². The van der Waals surface area contributed by atoms with Gasteiger partial charge in [0.25, 0.3) is 0 Å². The van der Waals surface area contributed by atoms with E-state index in [1.807, 2.05) is 0 Å². The van der Waals surface area contributed by atoms with Crippen molar-refractivity contribution < 1.29 is 80.9 Å². The number of fused-ring (bicyclic) bond motifs is 1. The molecule has 17 nitrogen and oxygen atoms in total. The van der Waals surface area contributed by atoms with E-state index >= 15 is 0 Å².